The highest BCUT2D eigenvalue weighted by Crippen LogP contribution is 2.31. The zero-order valence-corrected chi connectivity index (χ0v) is 15.0. The van der Waals surface area contributed by atoms with E-state index in [0.29, 0.717) is 10.9 Å². The molecule has 23 heavy (non-hydrogen) atoms. The van der Waals surface area contributed by atoms with Crippen LogP contribution in [0.15, 0.2) is 41.3 Å². The molecule has 0 radical (unpaired) electrons. The van der Waals surface area contributed by atoms with Crippen molar-refractivity contribution in [1.29, 1.82) is 0 Å². The first-order valence-electron chi connectivity index (χ1n) is 7.13. The van der Waals surface area contributed by atoms with Gasteiger partial charge in [-0.3, -0.25) is 0 Å². The molecule has 0 unspecified atom stereocenters. The second-order valence-corrected chi connectivity index (χ2v) is 7.46. The molecular formula is C17H19ClO4S. The lowest BCUT2D eigenvalue weighted by atomic mass is 9.98. The van der Waals surface area contributed by atoms with E-state index in [2.05, 4.69) is 13.8 Å². The second-order valence-electron chi connectivity index (χ2n) is 5.51. The molecule has 4 nitrogen and oxygen atoms in total. The van der Waals surface area contributed by atoms with Crippen molar-refractivity contribution in [3.63, 3.8) is 0 Å². The van der Waals surface area contributed by atoms with Gasteiger partial charge < -0.3 is 8.92 Å². The maximum Gasteiger partial charge on any atom is 0.342 e. The van der Waals surface area contributed by atoms with E-state index in [-0.39, 0.29) is 16.4 Å². The largest absolute Gasteiger partial charge is 0.495 e. The molecule has 6 heteroatoms. The lowest BCUT2D eigenvalue weighted by molar-refractivity contribution is 0.398. The molecule has 0 N–H and O–H groups in total. The van der Waals surface area contributed by atoms with E-state index >= 15 is 0 Å². The van der Waals surface area contributed by atoms with Crippen LogP contribution in [-0.4, -0.2) is 15.5 Å². The second kappa shape index (κ2) is 6.81. The van der Waals surface area contributed by atoms with Gasteiger partial charge in [0, 0.05) is 5.02 Å². The van der Waals surface area contributed by atoms with E-state index in [1.165, 1.54) is 19.2 Å². The normalized spacial score (nSPS) is 11.6. The lowest BCUT2D eigenvalue weighted by Crippen LogP contribution is -2.11. The third-order valence-electron chi connectivity index (χ3n) is 3.46. The zero-order chi connectivity index (χ0) is 17.2. The Morgan fingerprint density at radius 3 is 2.35 bits per heavy atom. The molecule has 0 fully saturated rings. The summed E-state index contributed by atoms with van der Waals surface area (Å²) in [5.74, 6) is 0.799. The Balaban J connectivity index is 2.39. The Hall–Kier alpha value is -1.72. The van der Waals surface area contributed by atoms with E-state index in [1.807, 2.05) is 13.0 Å². The van der Waals surface area contributed by atoms with Crippen LogP contribution < -0.4 is 8.92 Å². The number of hydrogen-bond acceptors (Lipinski definition) is 4. The average molecular weight is 355 g/mol. The summed E-state index contributed by atoms with van der Waals surface area (Å²) in [6.07, 6.45) is 0. The van der Waals surface area contributed by atoms with Gasteiger partial charge >= 0.3 is 10.1 Å². The molecule has 0 aromatic heterocycles. The van der Waals surface area contributed by atoms with E-state index < -0.39 is 10.1 Å². The van der Waals surface area contributed by atoms with Crippen LogP contribution in [0.3, 0.4) is 0 Å². The molecular weight excluding hydrogens is 336 g/mol. The average Bonchev–Trinajstić information content (AvgIpc) is 2.46. The molecule has 124 valence electrons. The first-order valence-corrected chi connectivity index (χ1v) is 8.92. The third kappa shape index (κ3) is 3.98. The molecule has 0 aliphatic heterocycles. The molecule has 0 atom stereocenters. The number of aryl methyl sites for hydroxylation is 1. The minimum absolute atomic E-state index is 0.0990. The molecule has 0 bridgehead atoms. The van der Waals surface area contributed by atoms with E-state index in [9.17, 15) is 8.42 Å². The quantitative estimate of drug-likeness (QED) is 0.739. The van der Waals surface area contributed by atoms with Crippen molar-refractivity contribution in [2.24, 2.45) is 0 Å². The number of ether oxygens (including phenoxy) is 1. The molecule has 0 spiro atoms. The van der Waals surface area contributed by atoms with Gasteiger partial charge in [0.25, 0.3) is 0 Å². The highest BCUT2D eigenvalue weighted by atomic mass is 35.5. The van der Waals surface area contributed by atoms with E-state index in [1.54, 1.807) is 18.2 Å². The molecule has 0 amide bonds. The molecule has 2 aromatic rings. The molecule has 0 aliphatic rings. The predicted molar refractivity (Wildman–Crippen MR) is 91.1 cm³/mol. The maximum absolute atomic E-state index is 12.5. The summed E-state index contributed by atoms with van der Waals surface area (Å²) < 4.78 is 35.3. The summed E-state index contributed by atoms with van der Waals surface area (Å²) in [5, 5.41) is 0.291. The van der Waals surface area contributed by atoms with Crippen molar-refractivity contribution >= 4 is 21.7 Å². The molecule has 0 heterocycles. The molecule has 0 saturated heterocycles. The first-order chi connectivity index (χ1) is 10.7. The van der Waals surface area contributed by atoms with Crippen molar-refractivity contribution in [2.45, 2.75) is 31.6 Å². The van der Waals surface area contributed by atoms with E-state index in [0.717, 1.165) is 11.1 Å². The number of hydrogen-bond donors (Lipinski definition) is 0. The molecule has 0 aliphatic carbocycles. The number of benzene rings is 2. The Kier molecular flexibility index (Phi) is 5.22. The summed E-state index contributed by atoms with van der Waals surface area (Å²) >= 11 is 5.89. The predicted octanol–water partition coefficient (Wildman–Crippen LogP) is 4.55. The summed E-state index contributed by atoms with van der Waals surface area (Å²) in [4.78, 5) is -0.0990. The van der Waals surface area contributed by atoms with Gasteiger partial charge in [-0.1, -0.05) is 31.5 Å². The number of halogens is 1. The third-order valence-corrected chi connectivity index (χ3v) is 4.97. The summed E-state index contributed by atoms with van der Waals surface area (Å²) in [6, 6.07) is 9.60. The van der Waals surface area contributed by atoms with Crippen molar-refractivity contribution < 1.29 is 17.3 Å². The first kappa shape index (κ1) is 17.6. The van der Waals surface area contributed by atoms with Crippen molar-refractivity contribution in [3.05, 3.63) is 52.5 Å². The topological polar surface area (TPSA) is 52.6 Å². The van der Waals surface area contributed by atoms with Crippen LogP contribution in [-0.2, 0) is 10.1 Å². The van der Waals surface area contributed by atoms with Crippen molar-refractivity contribution in [3.8, 4) is 11.5 Å². The standard InChI is InChI=1S/C17H19ClO4S/c1-11(2)15-7-6-14(9-12(15)3)22-23(19,20)17-10-13(18)5-8-16(17)21-4/h5-11H,1-4H3. The highest BCUT2D eigenvalue weighted by Gasteiger charge is 2.22. The van der Waals surface area contributed by atoms with Gasteiger partial charge in [-0.05, 0) is 54.3 Å². The van der Waals surface area contributed by atoms with Gasteiger partial charge in [0.15, 0.2) is 0 Å². The summed E-state index contributed by atoms with van der Waals surface area (Å²) in [7, 11) is -2.65. The van der Waals surface area contributed by atoms with Gasteiger partial charge in [0.2, 0.25) is 0 Å². The fourth-order valence-corrected chi connectivity index (χ4v) is 3.72. The molecule has 2 rings (SSSR count). The van der Waals surface area contributed by atoms with Crippen LogP contribution >= 0.6 is 11.6 Å². The van der Waals surface area contributed by atoms with Crippen LogP contribution in [0, 0.1) is 6.92 Å². The van der Waals surface area contributed by atoms with Crippen molar-refractivity contribution in [1.82, 2.24) is 0 Å². The Labute approximate surface area is 142 Å². The monoisotopic (exact) mass is 354 g/mol. The molecule has 2 aromatic carbocycles. The Morgan fingerprint density at radius 1 is 1.09 bits per heavy atom. The number of methoxy groups -OCH3 is 1. The van der Waals surface area contributed by atoms with Crippen LogP contribution in [0.25, 0.3) is 0 Å². The summed E-state index contributed by atoms with van der Waals surface area (Å²) in [6.45, 7) is 6.08. The zero-order valence-electron chi connectivity index (χ0n) is 13.5. The lowest BCUT2D eigenvalue weighted by Gasteiger charge is -2.13. The van der Waals surface area contributed by atoms with Crippen LogP contribution in [0.5, 0.6) is 11.5 Å². The van der Waals surface area contributed by atoms with Gasteiger partial charge in [0.1, 0.15) is 16.4 Å². The fraction of sp³-hybridized carbons (Fsp3) is 0.294. The van der Waals surface area contributed by atoms with Gasteiger partial charge in [0.05, 0.1) is 7.11 Å². The minimum atomic E-state index is -4.04. The van der Waals surface area contributed by atoms with Crippen molar-refractivity contribution in [2.75, 3.05) is 7.11 Å². The maximum atomic E-state index is 12.5. The SMILES string of the molecule is COc1ccc(Cl)cc1S(=O)(=O)Oc1ccc(C(C)C)c(C)c1. The number of rotatable bonds is 5. The Bertz CT molecular complexity index is 813. The smallest absolute Gasteiger partial charge is 0.342 e. The van der Waals surface area contributed by atoms with Gasteiger partial charge in [-0.15, -0.1) is 0 Å². The highest BCUT2D eigenvalue weighted by molar-refractivity contribution is 7.87. The summed E-state index contributed by atoms with van der Waals surface area (Å²) in [5.41, 5.74) is 2.13. The Morgan fingerprint density at radius 2 is 1.78 bits per heavy atom. The minimum Gasteiger partial charge on any atom is -0.495 e. The van der Waals surface area contributed by atoms with E-state index in [4.69, 9.17) is 20.5 Å². The van der Waals surface area contributed by atoms with Gasteiger partial charge in [-0.2, -0.15) is 8.42 Å². The molecule has 0 saturated carbocycles. The van der Waals surface area contributed by atoms with Crippen LogP contribution in [0.2, 0.25) is 5.02 Å². The van der Waals surface area contributed by atoms with Crippen LogP contribution in [0.1, 0.15) is 30.9 Å². The van der Waals surface area contributed by atoms with Crippen LogP contribution in [0.4, 0.5) is 0 Å². The van der Waals surface area contributed by atoms with Gasteiger partial charge in [-0.25, -0.2) is 0 Å². The fourth-order valence-electron chi connectivity index (χ4n) is 2.37.